The van der Waals surface area contributed by atoms with Gasteiger partial charge < -0.3 is 14.6 Å². The molecule has 1 aliphatic heterocycles. The highest BCUT2D eigenvalue weighted by atomic mass is 19.4. The zero-order valence-electron chi connectivity index (χ0n) is 22.7. The van der Waals surface area contributed by atoms with Crippen LogP contribution in [-0.4, -0.2) is 23.2 Å². The van der Waals surface area contributed by atoms with Gasteiger partial charge in [0.15, 0.2) is 0 Å². The number of hydrogen-bond acceptors (Lipinski definition) is 5. The van der Waals surface area contributed by atoms with Crippen LogP contribution in [0.15, 0.2) is 103 Å². The first-order chi connectivity index (χ1) is 20.0. The van der Waals surface area contributed by atoms with Crippen molar-refractivity contribution in [3.63, 3.8) is 0 Å². The fourth-order valence-corrected chi connectivity index (χ4v) is 4.93. The molecule has 4 aromatic rings. The number of aliphatic hydroxyl groups excluding tert-OH is 1. The molecule has 0 aromatic heterocycles. The third-order valence-electron chi connectivity index (χ3n) is 6.82. The lowest BCUT2D eigenvalue weighted by Gasteiger charge is -2.26. The smallest absolute Gasteiger partial charge is 0.507 e. The van der Waals surface area contributed by atoms with Gasteiger partial charge in [-0.05, 0) is 60.9 Å². The highest BCUT2D eigenvalue weighted by molar-refractivity contribution is 6.51. The number of nitrogens with zero attached hydrogens (tertiary/aromatic N) is 1. The molecule has 1 saturated heterocycles. The van der Waals surface area contributed by atoms with E-state index in [1.165, 1.54) is 12.1 Å². The number of rotatable bonds is 7. The second-order valence-corrected chi connectivity index (χ2v) is 9.88. The molecule has 0 bridgehead atoms. The molecule has 1 amide bonds. The fourth-order valence-electron chi connectivity index (χ4n) is 4.93. The standard InChI is InChI=1S/C33H26F3NO5/c1-20-8-6-11-23(16-20)29-28(31(39)32(40)37(29)25-12-7-13-26(18-25)42-33(34,35)36)30(38)24-14-15-27(21(2)17-24)41-19-22-9-4-3-5-10-22/h3-18,29,38H,19H2,1-2H3/b30-28+. The number of ketones is 1. The molecule has 1 unspecified atom stereocenters. The van der Waals surface area contributed by atoms with E-state index in [1.807, 2.05) is 43.3 Å². The van der Waals surface area contributed by atoms with Gasteiger partial charge in [0.2, 0.25) is 0 Å². The Hall–Kier alpha value is -5.05. The van der Waals surface area contributed by atoms with Crippen LogP contribution in [0.5, 0.6) is 11.5 Å². The molecule has 1 N–H and O–H groups in total. The average molecular weight is 574 g/mol. The maximum absolute atomic E-state index is 13.5. The molecule has 0 saturated carbocycles. The largest absolute Gasteiger partial charge is 0.573 e. The zero-order chi connectivity index (χ0) is 30.0. The minimum atomic E-state index is -4.95. The van der Waals surface area contributed by atoms with Gasteiger partial charge in [-0.2, -0.15) is 0 Å². The molecule has 9 heteroatoms. The van der Waals surface area contributed by atoms with E-state index in [-0.39, 0.29) is 16.8 Å². The number of ether oxygens (including phenoxy) is 2. The Morgan fingerprint density at radius 1 is 0.881 bits per heavy atom. The molecule has 42 heavy (non-hydrogen) atoms. The van der Waals surface area contributed by atoms with Gasteiger partial charge in [0, 0.05) is 17.3 Å². The molecule has 4 aromatic carbocycles. The Bertz CT molecular complexity index is 1680. The van der Waals surface area contributed by atoms with Crippen molar-refractivity contribution in [2.45, 2.75) is 32.9 Å². The molecule has 6 nitrogen and oxygen atoms in total. The molecule has 1 heterocycles. The summed E-state index contributed by atoms with van der Waals surface area (Å²) in [7, 11) is 0. The van der Waals surface area contributed by atoms with Crippen LogP contribution in [0, 0.1) is 13.8 Å². The molecule has 0 aliphatic carbocycles. The number of halogens is 3. The predicted octanol–water partition coefficient (Wildman–Crippen LogP) is 7.41. The maximum Gasteiger partial charge on any atom is 0.573 e. The third-order valence-corrected chi connectivity index (χ3v) is 6.82. The van der Waals surface area contributed by atoms with Crippen LogP contribution >= 0.6 is 0 Å². The molecule has 0 spiro atoms. The first kappa shape index (κ1) is 28.5. The Morgan fingerprint density at radius 3 is 2.31 bits per heavy atom. The maximum atomic E-state index is 13.5. The third kappa shape index (κ3) is 6.00. The summed E-state index contributed by atoms with van der Waals surface area (Å²) >= 11 is 0. The van der Waals surface area contributed by atoms with Crippen molar-refractivity contribution in [1.29, 1.82) is 0 Å². The predicted molar refractivity (Wildman–Crippen MR) is 151 cm³/mol. The number of carbonyl (C=O) groups excluding carboxylic acids is 2. The first-order valence-electron chi connectivity index (χ1n) is 13.0. The van der Waals surface area contributed by atoms with Crippen LogP contribution in [-0.2, 0) is 16.2 Å². The summed E-state index contributed by atoms with van der Waals surface area (Å²) in [5.41, 5.74) is 3.08. The van der Waals surface area contributed by atoms with Crippen LogP contribution in [0.4, 0.5) is 18.9 Å². The van der Waals surface area contributed by atoms with Gasteiger partial charge in [-0.25, -0.2) is 0 Å². The summed E-state index contributed by atoms with van der Waals surface area (Å²) in [6.45, 7) is 3.95. The highest BCUT2D eigenvalue weighted by Gasteiger charge is 2.47. The molecule has 0 radical (unpaired) electrons. The number of amides is 1. The monoisotopic (exact) mass is 573 g/mol. The number of aryl methyl sites for hydroxylation is 2. The van der Waals surface area contributed by atoms with Crippen molar-refractivity contribution in [3.05, 3.63) is 130 Å². The van der Waals surface area contributed by atoms with Crippen molar-refractivity contribution in [1.82, 2.24) is 0 Å². The van der Waals surface area contributed by atoms with Gasteiger partial charge in [0.25, 0.3) is 11.7 Å². The summed E-state index contributed by atoms with van der Waals surface area (Å²) in [5.74, 6) is -2.35. The number of aliphatic hydroxyl groups is 1. The van der Waals surface area contributed by atoms with Crippen molar-refractivity contribution in [2.24, 2.45) is 0 Å². The van der Waals surface area contributed by atoms with Crippen molar-refractivity contribution >= 4 is 23.1 Å². The summed E-state index contributed by atoms with van der Waals surface area (Å²) in [6.07, 6.45) is -4.95. The molecule has 214 valence electrons. The lowest BCUT2D eigenvalue weighted by molar-refractivity contribution is -0.274. The quantitative estimate of drug-likeness (QED) is 0.142. The second kappa shape index (κ2) is 11.4. The van der Waals surface area contributed by atoms with Gasteiger partial charge in [-0.1, -0.05) is 66.2 Å². The summed E-state index contributed by atoms with van der Waals surface area (Å²) < 4.78 is 48.7. The van der Waals surface area contributed by atoms with Gasteiger partial charge in [-0.15, -0.1) is 13.2 Å². The van der Waals surface area contributed by atoms with Gasteiger partial charge in [0.05, 0.1) is 11.6 Å². The van der Waals surface area contributed by atoms with E-state index in [1.54, 1.807) is 43.3 Å². The van der Waals surface area contributed by atoms with Gasteiger partial charge in [-0.3, -0.25) is 14.5 Å². The lowest BCUT2D eigenvalue weighted by Crippen LogP contribution is -2.29. The molecule has 1 fully saturated rings. The fraction of sp³-hybridized carbons (Fsp3) is 0.152. The summed E-state index contributed by atoms with van der Waals surface area (Å²) in [5, 5.41) is 11.5. The SMILES string of the molecule is Cc1cccc(C2/C(=C(\O)c3ccc(OCc4ccccc4)c(C)c3)C(=O)C(=O)N2c2cccc(OC(F)(F)F)c2)c1. The number of anilines is 1. The first-order valence-corrected chi connectivity index (χ1v) is 13.0. The molecular formula is C33H26F3NO5. The Labute approximate surface area is 240 Å². The van der Waals surface area contributed by atoms with Crippen molar-refractivity contribution < 1.29 is 37.3 Å². The number of carbonyl (C=O) groups is 2. The zero-order valence-corrected chi connectivity index (χ0v) is 22.7. The Kier molecular flexibility index (Phi) is 7.76. The van der Waals surface area contributed by atoms with E-state index in [9.17, 15) is 27.9 Å². The van der Waals surface area contributed by atoms with Crippen LogP contribution < -0.4 is 14.4 Å². The highest BCUT2D eigenvalue weighted by Crippen LogP contribution is 2.43. The minimum absolute atomic E-state index is 0.00486. The Morgan fingerprint density at radius 2 is 1.62 bits per heavy atom. The van der Waals surface area contributed by atoms with E-state index in [4.69, 9.17) is 4.74 Å². The molecule has 5 rings (SSSR count). The molecule has 1 aliphatic rings. The van der Waals surface area contributed by atoms with Crippen LogP contribution in [0.1, 0.15) is 33.9 Å². The average Bonchev–Trinajstić information content (AvgIpc) is 3.21. The number of alkyl halides is 3. The van der Waals surface area contributed by atoms with Crippen LogP contribution in [0.2, 0.25) is 0 Å². The topological polar surface area (TPSA) is 76.1 Å². The summed E-state index contributed by atoms with van der Waals surface area (Å²) in [6, 6.07) is 25.2. The summed E-state index contributed by atoms with van der Waals surface area (Å²) in [4.78, 5) is 27.9. The second-order valence-electron chi connectivity index (χ2n) is 9.88. The Balaban J connectivity index is 1.56. The van der Waals surface area contributed by atoms with E-state index < -0.39 is 35.6 Å². The van der Waals surface area contributed by atoms with E-state index >= 15 is 0 Å². The van der Waals surface area contributed by atoms with Crippen molar-refractivity contribution in [3.8, 4) is 11.5 Å². The van der Waals surface area contributed by atoms with Gasteiger partial charge >= 0.3 is 6.36 Å². The number of benzene rings is 4. The van der Waals surface area contributed by atoms with E-state index in [0.717, 1.165) is 28.2 Å². The minimum Gasteiger partial charge on any atom is -0.507 e. The normalized spacial score (nSPS) is 16.5. The number of Topliss-reactive ketones (excluding diaryl/α,β-unsaturated/α-hetero) is 1. The van der Waals surface area contributed by atoms with E-state index in [2.05, 4.69) is 4.74 Å². The number of hydrogen-bond donors (Lipinski definition) is 1. The lowest BCUT2D eigenvalue weighted by atomic mass is 9.94. The van der Waals surface area contributed by atoms with Crippen molar-refractivity contribution in [2.75, 3.05) is 4.90 Å². The molecular weight excluding hydrogens is 547 g/mol. The van der Waals surface area contributed by atoms with Crippen LogP contribution in [0.25, 0.3) is 5.76 Å². The molecule has 1 atom stereocenters. The van der Waals surface area contributed by atoms with E-state index in [0.29, 0.717) is 23.5 Å². The van der Waals surface area contributed by atoms with Gasteiger partial charge in [0.1, 0.15) is 23.9 Å². The van der Waals surface area contributed by atoms with Crippen LogP contribution in [0.3, 0.4) is 0 Å².